The molecule has 2 heterocycles. The van der Waals surface area contributed by atoms with Gasteiger partial charge in [0.15, 0.2) is 0 Å². The quantitative estimate of drug-likeness (QED) is 0.864. The van der Waals surface area contributed by atoms with E-state index in [1.165, 1.54) is 19.3 Å². The van der Waals surface area contributed by atoms with Crippen LogP contribution in [0.2, 0.25) is 0 Å². The summed E-state index contributed by atoms with van der Waals surface area (Å²) in [5.74, 6) is 2.32. The van der Waals surface area contributed by atoms with Crippen LogP contribution in [-0.4, -0.2) is 26.7 Å². The van der Waals surface area contributed by atoms with E-state index in [0.29, 0.717) is 17.9 Å². The standard InChI is InChI=1S/C16H25N5O/c17-14-10-3-1-4-11(14)8-12(7-10)16(22)20-13-5-2-6-21-15(13)18-9-19-21/h9-14H,1-8,17H2,(H,20,22). The summed E-state index contributed by atoms with van der Waals surface area (Å²) < 4.78 is 1.92. The van der Waals surface area contributed by atoms with Crippen LogP contribution in [0, 0.1) is 17.8 Å². The molecule has 2 aliphatic carbocycles. The van der Waals surface area contributed by atoms with Gasteiger partial charge in [-0.2, -0.15) is 5.10 Å². The van der Waals surface area contributed by atoms with Crippen LogP contribution in [0.1, 0.15) is 56.8 Å². The average Bonchev–Trinajstić information content (AvgIpc) is 2.96. The third-order valence-electron chi connectivity index (χ3n) is 5.92. The van der Waals surface area contributed by atoms with Gasteiger partial charge >= 0.3 is 0 Å². The molecule has 120 valence electrons. The highest BCUT2D eigenvalue weighted by atomic mass is 16.2. The van der Waals surface area contributed by atoms with Crippen molar-refractivity contribution in [2.45, 2.75) is 63.6 Å². The highest BCUT2D eigenvalue weighted by Gasteiger charge is 2.41. The Balaban J connectivity index is 1.43. The van der Waals surface area contributed by atoms with Gasteiger partial charge in [-0.15, -0.1) is 0 Å². The molecule has 1 aliphatic heterocycles. The minimum absolute atomic E-state index is 0.0270. The lowest BCUT2D eigenvalue weighted by atomic mass is 9.65. The molecule has 2 fully saturated rings. The molecule has 0 spiro atoms. The van der Waals surface area contributed by atoms with Gasteiger partial charge < -0.3 is 11.1 Å². The Labute approximate surface area is 130 Å². The summed E-state index contributed by atoms with van der Waals surface area (Å²) >= 11 is 0. The molecule has 1 aromatic heterocycles. The van der Waals surface area contributed by atoms with Crippen molar-refractivity contribution in [2.75, 3.05) is 0 Å². The fraction of sp³-hybridized carbons (Fsp3) is 0.812. The lowest BCUT2D eigenvalue weighted by Crippen LogP contribution is -2.49. The number of carbonyl (C=O) groups is 1. The van der Waals surface area contributed by atoms with E-state index in [4.69, 9.17) is 5.73 Å². The third-order valence-corrected chi connectivity index (χ3v) is 5.92. The van der Waals surface area contributed by atoms with Gasteiger partial charge in [0.25, 0.3) is 0 Å². The van der Waals surface area contributed by atoms with Crippen LogP contribution < -0.4 is 11.1 Å². The minimum Gasteiger partial charge on any atom is -0.346 e. The molecule has 1 aromatic rings. The number of aryl methyl sites for hydroxylation is 1. The maximum Gasteiger partial charge on any atom is 0.223 e. The van der Waals surface area contributed by atoms with Gasteiger partial charge in [0.05, 0.1) is 6.04 Å². The predicted octanol–water partition coefficient (Wildman–Crippen LogP) is 1.38. The molecule has 3 aliphatic rings. The molecule has 3 N–H and O–H groups in total. The lowest BCUT2D eigenvalue weighted by molar-refractivity contribution is -0.128. The van der Waals surface area contributed by atoms with Crippen molar-refractivity contribution in [2.24, 2.45) is 23.5 Å². The summed E-state index contributed by atoms with van der Waals surface area (Å²) in [4.78, 5) is 17.0. The highest BCUT2D eigenvalue weighted by Crippen LogP contribution is 2.42. The van der Waals surface area contributed by atoms with Crippen LogP contribution in [-0.2, 0) is 11.3 Å². The second-order valence-corrected chi connectivity index (χ2v) is 7.24. The molecule has 0 aromatic carbocycles. The Morgan fingerprint density at radius 1 is 1.23 bits per heavy atom. The lowest BCUT2D eigenvalue weighted by Gasteiger charge is -2.43. The number of hydrogen-bond acceptors (Lipinski definition) is 4. The first-order valence-corrected chi connectivity index (χ1v) is 8.66. The average molecular weight is 303 g/mol. The van der Waals surface area contributed by atoms with Crippen LogP contribution in [0.25, 0.3) is 0 Å². The maximum absolute atomic E-state index is 12.7. The summed E-state index contributed by atoms with van der Waals surface area (Å²) in [7, 11) is 0. The fourth-order valence-corrected chi connectivity index (χ4v) is 4.72. The van der Waals surface area contributed by atoms with Crippen molar-refractivity contribution in [1.82, 2.24) is 20.1 Å². The van der Waals surface area contributed by atoms with E-state index < -0.39 is 0 Å². The zero-order valence-electron chi connectivity index (χ0n) is 12.9. The number of hydrogen-bond donors (Lipinski definition) is 2. The summed E-state index contributed by atoms with van der Waals surface area (Å²) in [6.45, 7) is 0.907. The van der Waals surface area contributed by atoms with Crippen molar-refractivity contribution < 1.29 is 4.79 Å². The second kappa shape index (κ2) is 5.65. The first kappa shape index (κ1) is 14.2. The van der Waals surface area contributed by atoms with Crippen LogP contribution in [0.3, 0.4) is 0 Å². The van der Waals surface area contributed by atoms with Gasteiger partial charge in [0, 0.05) is 18.5 Å². The van der Waals surface area contributed by atoms with Gasteiger partial charge in [-0.3, -0.25) is 4.79 Å². The number of nitrogens with one attached hydrogen (secondary N) is 1. The molecule has 2 saturated carbocycles. The van der Waals surface area contributed by atoms with Gasteiger partial charge in [0.1, 0.15) is 12.2 Å². The van der Waals surface area contributed by atoms with Gasteiger partial charge in [0.2, 0.25) is 5.91 Å². The van der Waals surface area contributed by atoms with Gasteiger partial charge in [-0.05, 0) is 50.4 Å². The molecule has 22 heavy (non-hydrogen) atoms. The van der Waals surface area contributed by atoms with Gasteiger partial charge in [-0.1, -0.05) is 6.42 Å². The molecule has 1 amide bonds. The fourth-order valence-electron chi connectivity index (χ4n) is 4.72. The molecular weight excluding hydrogens is 278 g/mol. The largest absolute Gasteiger partial charge is 0.346 e. The normalized spacial score (nSPS) is 37.4. The molecule has 4 rings (SSSR count). The third kappa shape index (κ3) is 2.43. The topological polar surface area (TPSA) is 85.8 Å². The first-order chi connectivity index (χ1) is 10.7. The van der Waals surface area contributed by atoms with Gasteiger partial charge in [-0.25, -0.2) is 9.67 Å². The minimum atomic E-state index is 0.0270. The van der Waals surface area contributed by atoms with Crippen LogP contribution in [0.15, 0.2) is 6.33 Å². The number of aromatic nitrogens is 3. The van der Waals surface area contributed by atoms with E-state index in [9.17, 15) is 4.79 Å². The summed E-state index contributed by atoms with van der Waals surface area (Å²) in [6, 6.07) is 0.342. The number of nitrogens with zero attached hydrogens (tertiary/aromatic N) is 3. The van der Waals surface area contributed by atoms with E-state index in [1.807, 2.05) is 4.68 Å². The summed E-state index contributed by atoms with van der Waals surface area (Å²) in [6.07, 6.45) is 9.18. The Morgan fingerprint density at radius 3 is 2.77 bits per heavy atom. The van der Waals surface area contributed by atoms with E-state index in [2.05, 4.69) is 15.4 Å². The Bertz CT molecular complexity index is 542. The second-order valence-electron chi connectivity index (χ2n) is 7.24. The molecule has 6 nitrogen and oxygen atoms in total. The van der Waals surface area contributed by atoms with Crippen molar-refractivity contribution in [3.05, 3.63) is 12.2 Å². The maximum atomic E-state index is 12.7. The number of amides is 1. The molecule has 3 unspecified atom stereocenters. The zero-order chi connectivity index (χ0) is 15.1. The van der Waals surface area contributed by atoms with E-state index >= 15 is 0 Å². The van der Waals surface area contributed by atoms with Crippen molar-refractivity contribution in [3.8, 4) is 0 Å². The van der Waals surface area contributed by atoms with E-state index in [0.717, 1.165) is 38.1 Å². The molecular formula is C16H25N5O. The number of carbonyl (C=O) groups excluding carboxylic acids is 1. The molecule has 0 radical (unpaired) electrons. The highest BCUT2D eigenvalue weighted by molar-refractivity contribution is 5.79. The number of nitrogens with two attached hydrogens (primary N) is 1. The van der Waals surface area contributed by atoms with E-state index in [1.54, 1.807) is 6.33 Å². The molecule has 6 heteroatoms. The zero-order valence-corrected chi connectivity index (χ0v) is 12.9. The van der Waals surface area contributed by atoms with Crippen molar-refractivity contribution >= 4 is 5.91 Å². The van der Waals surface area contributed by atoms with E-state index in [-0.39, 0.29) is 17.9 Å². The SMILES string of the molecule is NC1C2CCCC1CC(C(=O)NC1CCCn3ncnc31)C2. The van der Waals surface area contributed by atoms with Crippen LogP contribution >= 0.6 is 0 Å². The summed E-state index contributed by atoms with van der Waals surface area (Å²) in [5.41, 5.74) is 6.33. The molecule has 3 atom stereocenters. The summed E-state index contributed by atoms with van der Waals surface area (Å²) in [5, 5.41) is 7.45. The molecule has 0 saturated heterocycles. The Hall–Kier alpha value is -1.43. The van der Waals surface area contributed by atoms with Crippen molar-refractivity contribution in [1.29, 1.82) is 0 Å². The smallest absolute Gasteiger partial charge is 0.223 e. The van der Waals surface area contributed by atoms with Crippen LogP contribution in [0.5, 0.6) is 0 Å². The first-order valence-electron chi connectivity index (χ1n) is 8.66. The Kier molecular flexibility index (Phi) is 3.64. The monoisotopic (exact) mass is 303 g/mol. The molecule has 2 bridgehead atoms. The Morgan fingerprint density at radius 2 is 2.00 bits per heavy atom. The van der Waals surface area contributed by atoms with Crippen molar-refractivity contribution in [3.63, 3.8) is 0 Å². The number of fused-ring (bicyclic) bond motifs is 3. The van der Waals surface area contributed by atoms with Crippen LogP contribution in [0.4, 0.5) is 0 Å². The number of rotatable bonds is 2. The predicted molar refractivity (Wildman–Crippen MR) is 81.7 cm³/mol.